The molecule has 1 heterocycles. The van der Waals surface area contributed by atoms with Gasteiger partial charge in [-0.05, 0) is 35.4 Å². The molecule has 4 aromatic rings. The molecule has 0 amide bonds. The van der Waals surface area contributed by atoms with Crippen LogP contribution in [-0.4, -0.2) is 18.5 Å². The average molecular weight is 500 g/mol. The van der Waals surface area contributed by atoms with Gasteiger partial charge in [0, 0.05) is 29.7 Å². The van der Waals surface area contributed by atoms with Crippen molar-refractivity contribution in [2.75, 3.05) is 0 Å². The second-order valence-electron chi connectivity index (χ2n) is 7.66. The third-order valence-electron chi connectivity index (χ3n) is 5.14. The molecule has 0 aliphatic carbocycles. The molecule has 35 heavy (non-hydrogen) atoms. The zero-order chi connectivity index (χ0) is 25.5. The fourth-order valence-electron chi connectivity index (χ4n) is 3.58. The molecule has 182 valence electrons. The molecular weight excluding hydrogens is 475 g/mol. The highest BCUT2D eigenvalue weighted by atomic mass is 32.2. The first-order chi connectivity index (χ1) is 16.6. The monoisotopic (exact) mass is 499 g/mol. The second-order valence-corrected chi connectivity index (χ2v) is 9.04. The molecule has 4 rings (SSSR count). The Balaban J connectivity index is 0.000000371. The maximum absolute atomic E-state index is 10.7. The fraction of sp³-hybridized carbons (Fsp3) is 0.148. The molecule has 0 aliphatic heterocycles. The summed E-state index contributed by atoms with van der Waals surface area (Å²) < 4.78 is 61.4. The maximum atomic E-state index is 10.7. The molecule has 0 saturated heterocycles. The molecule has 0 radical (unpaired) electrons. The zero-order valence-electron chi connectivity index (χ0n) is 18.9. The first kappa shape index (κ1) is 26.1. The van der Waals surface area contributed by atoms with Crippen LogP contribution in [0.5, 0.6) is 0 Å². The molecule has 0 atom stereocenters. The van der Waals surface area contributed by atoms with Gasteiger partial charge in [-0.2, -0.15) is 17.7 Å². The van der Waals surface area contributed by atoms with Gasteiger partial charge in [-0.15, -0.1) is 0 Å². The van der Waals surface area contributed by atoms with Crippen LogP contribution in [0.25, 0.3) is 33.6 Å². The predicted molar refractivity (Wildman–Crippen MR) is 129 cm³/mol. The van der Waals surface area contributed by atoms with Gasteiger partial charge in [0.15, 0.2) is 10.1 Å². The van der Waals surface area contributed by atoms with Gasteiger partial charge in [0.2, 0.25) is 11.4 Å². The van der Waals surface area contributed by atoms with Crippen LogP contribution in [0.3, 0.4) is 0 Å². The molecule has 0 unspecified atom stereocenters. The standard InChI is InChI=1S/C26H24N.CHF3O3S/c1-2-18-27-25(22-14-8-4-9-15-22)19-24(21-12-6-3-7-13-21)20-26(27)23-16-10-5-11-17-23;2-1(3,4)8(5,6)7/h3-17,19-20H,2,18H2,1H3;(H,5,6,7)/q+1;/p-1. The molecule has 0 N–H and O–H groups in total. The molecule has 0 bridgehead atoms. The quantitative estimate of drug-likeness (QED) is 0.180. The summed E-state index contributed by atoms with van der Waals surface area (Å²) in [6.45, 7) is 3.23. The summed E-state index contributed by atoms with van der Waals surface area (Å²) in [4.78, 5) is 0. The largest absolute Gasteiger partial charge is 0.741 e. The highest BCUT2D eigenvalue weighted by molar-refractivity contribution is 7.86. The van der Waals surface area contributed by atoms with Crippen LogP contribution < -0.4 is 4.57 Å². The van der Waals surface area contributed by atoms with Crippen molar-refractivity contribution in [1.29, 1.82) is 0 Å². The molecule has 3 aromatic carbocycles. The topological polar surface area (TPSA) is 61.1 Å². The number of alkyl halides is 3. The first-order valence-corrected chi connectivity index (χ1v) is 12.3. The Kier molecular flexibility index (Phi) is 8.43. The average Bonchev–Trinajstić information content (AvgIpc) is 2.85. The smallest absolute Gasteiger partial charge is 0.485 e. The maximum Gasteiger partial charge on any atom is 0.485 e. The lowest BCUT2D eigenvalue weighted by Gasteiger charge is -2.12. The first-order valence-electron chi connectivity index (χ1n) is 10.9. The van der Waals surface area contributed by atoms with Gasteiger partial charge in [-0.3, -0.25) is 0 Å². The van der Waals surface area contributed by atoms with E-state index in [4.69, 9.17) is 13.0 Å². The van der Waals surface area contributed by atoms with E-state index in [9.17, 15) is 13.2 Å². The summed E-state index contributed by atoms with van der Waals surface area (Å²) in [6, 6.07) is 36.7. The van der Waals surface area contributed by atoms with Crippen molar-refractivity contribution in [3.05, 3.63) is 103 Å². The van der Waals surface area contributed by atoms with Crippen molar-refractivity contribution in [1.82, 2.24) is 0 Å². The minimum atomic E-state index is -6.09. The van der Waals surface area contributed by atoms with E-state index in [0.717, 1.165) is 13.0 Å². The third kappa shape index (κ3) is 6.77. The molecule has 0 fully saturated rings. The van der Waals surface area contributed by atoms with Crippen LogP contribution in [0, 0.1) is 0 Å². The van der Waals surface area contributed by atoms with E-state index >= 15 is 0 Å². The molecular formula is C27H24F3NO3S. The van der Waals surface area contributed by atoms with Gasteiger partial charge in [0.1, 0.15) is 6.54 Å². The number of hydrogen-bond acceptors (Lipinski definition) is 3. The SMILES string of the molecule is CCC[n+]1c(-c2ccccc2)cc(-c2ccccc2)cc1-c1ccccc1.O=S(=O)([O-])C(F)(F)F. The molecule has 0 spiro atoms. The normalized spacial score (nSPS) is 11.5. The van der Waals surface area contributed by atoms with Crippen molar-refractivity contribution in [2.24, 2.45) is 0 Å². The number of halogens is 3. The summed E-state index contributed by atoms with van der Waals surface area (Å²) >= 11 is 0. The van der Waals surface area contributed by atoms with E-state index < -0.39 is 15.6 Å². The van der Waals surface area contributed by atoms with Crippen LogP contribution in [0.2, 0.25) is 0 Å². The number of nitrogens with zero attached hydrogens (tertiary/aromatic N) is 1. The number of aromatic nitrogens is 1. The zero-order valence-corrected chi connectivity index (χ0v) is 19.8. The lowest BCUT2D eigenvalue weighted by molar-refractivity contribution is -0.675. The summed E-state index contributed by atoms with van der Waals surface area (Å²) in [5.74, 6) is 0. The van der Waals surface area contributed by atoms with Gasteiger partial charge in [-0.25, -0.2) is 8.42 Å². The fourth-order valence-corrected chi connectivity index (χ4v) is 3.58. The summed E-state index contributed by atoms with van der Waals surface area (Å²) in [7, 11) is -6.09. The molecule has 4 nitrogen and oxygen atoms in total. The van der Waals surface area contributed by atoms with E-state index in [2.05, 4.69) is 115 Å². The van der Waals surface area contributed by atoms with Gasteiger partial charge in [-0.1, -0.05) is 73.7 Å². The molecule has 0 saturated carbocycles. The second kappa shape index (κ2) is 11.3. The van der Waals surface area contributed by atoms with Gasteiger partial charge < -0.3 is 4.55 Å². The highest BCUT2D eigenvalue weighted by Crippen LogP contribution is 2.29. The summed E-state index contributed by atoms with van der Waals surface area (Å²) in [5.41, 5.74) is 1.88. The Morgan fingerprint density at radius 2 is 1.03 bits per heavy atom. The number of benzene rings is 3. The van der Waals surface area contributed by atoms with Crippen molar-refractivity contribution >= 4 is 10.1 Å². The highest BCUT2D eigenvalue weighted by Gasteiger charge is 2.36. The lowest BCUT2D eigenvalue weighted by atomic mass is 9.99. The Hall–Kier alpha value is -3.49. The predicted octanol–water partition coefficient (Wildman–Crippen LogP) is 6.44. The Morgan fingerprint density at radius 3 is 1.34 bits per heavy atom. The number of hydrogen-bond donors (Lipinski definition) is 0. The van der Waals surface area contributed by atoms with Crippen LogP contribution in [0.4, 0.5) is 13.2 Å². The Labute approximate surface area is 203 Å². The lowest BCUT2D eigenvalue weighted by Crippen LogP contribution is -2.38. The molecule has 1 aromatic heterocycles. The number of rotatable bonds is 5. The van der Waals surface area contributed by atoms with Crippen molar-refractivity contribution in [3.63, 3.8) is 0 Å². The van der Waals surface area contributed by atoms with E-state index in [1.165, 1.54) is 33.6 Å². The van der Waals surface area contributed by atoms with Crippen LogP contribution in [-0.2, 0) is 16.7 Å². The summed E-state index contributed by atoms with van der Waals surface area (Å²) in [6.07, 6.45) is 1.09. The van der Waals surface area contributed by atoms with Crippen LogP contribution in [0.15, 0.2) is 103 Å². The molecule has 0 aliphatic rings. The van der Waals surface area contributed by atoms with Crippen molar-refractivity contribution in [2.45, 2.75) is 25.4 Å². The van der Waals surface area contributed by atoms with Gasteiger partial charge >= 0.3 is 5.51 Å². The van der Waals surface area contributed by atoms with E-state index in [-0.39, 0.29) is 0 Å². The van der Waals surface area contributed by atoms with Crippen molar-refractivity contribution < 1.29 is 30.7 Å². The van der Waals surface area contributed by atoms with Crippen LogP contribution in [0.1, 0.15) is 13.3 Å². The van der Waals surface area contributed by atoms with E-state index in [1.54, 1.807) is 0 Å². The molecule has 8 heteroatoms. The third-order valence-corrected chi connectivity index (χ3v) is 5.71. The van der Waals surface area contributed by atoms with Crippen LogP contribution >= 0.6 is 0 Å². The minimum Gasteiger partial charge on any atom is -0.741 e. The van der Waals surface area contributed by atoms with Gasteiger partial charge in [0.25, 0.3) is 0 Å². The minimum absolute atomic E-state index is 0.990. The van der Waals surface area contributed by atoms with E-state index in [0.29, 0.717) is 0 Å². The Morgan fingerprint density at radius 1 is 0.686 bits per heavy atom. The summed E-state index contributed by atoms with van der Waals surface area (Å²) in [5, 5.41) is 0. The van der Waals surface area contributed by atoms with E-state index in [1.807, 2.05) is 0 Å². The Bertz CT molecular complexity index is 1280. The van der Waals surface area contributed by atoms with Gasteiger partial charge in [0.05, 0.1) is 0 Å². The number of pyridine rings is 1. The van der Waals surface area contributed by atoms with Crippen molar-refractivity contribution in [3.8, 4) is 33.6 Å².